The number of aromatic nitrogens is 1. The van der Waals surface area contributed by atoms with Gasteiger partial charge in [0.1, 0.15) is 40.9 Å². The van der Waals surface area contributed by atoms with E-state index in [0.717, 1.165) is 35.4 Å². The molecule has 7 rings (SSSR count). The number of ether oxygens (including phenoxy) is 2. The summed E-state index contributed by atoms with van der Waals surface area (Å²) in [6, 6.07) is 25.1. The number of rotatable bonds is 4. The monoisotopic (exact) mass is 728 g/mol. The van der Waals surface area contributed by atoms with Crippen LogP contribution in [0.3, 0.4) is 0 Å². The van der Waals surface area contributed by atoms with E-state index in [1.54, 1.807) is 24.3 Å². The van der Waals surface area contributed by atoms with Crippen LogP contribution in [0.15, 0.2) is 83.9 Å². The summed E-state index contributed by atoms with van der Waals surface area (Å²) in [7, 11) is 0. The van der Waals surface area contributed by atoms with Crippen LogP contribution in [0.4, 0.5) is 8.78 Å². The van der Waals surface area contributed by atoms with E-state index in [9.17, 15) is 13.9 Å². The van der Waals surface area contributed by atoms with Gasteiger partial charge in [-0.25, -0.2) is 13.8 Å². The number of halogens is 2. The van der Waals surface area contributed by atoms with Gasteiger partial charge in [-0.15, -0.1) is 6.07 Å². The van der Waals surface area contributed by atoms with Crippen molar-refractivity contribution >= 4 is 16.8 Å². The number of benzene rings is 4. The Labute approximate surface area is 249 Å². The number of phenolic OH excluding ortho intramolecular Hbond substituents is 1. The van der Waals surface area contributed by atoms with Crippen molar-refractivity contribution in [2.24, 2.45) is 4.99 Å². The van der Waals surface area contributed by atoms with E-state index in [0.29, 0.717) is 28.1 Å². The second-order valence-electron chi connectivity index (χ2n) is 10.2. The minimum absolute atomic E-state index is 0. The first-order valence-electron chi connectivity index (χ1n) is 13.0. The molecule has 8 heteroatoms. The molecular formula is C33H23F2N2O3Pt-. The van der Waals surface area contributed by atoms with Crippen molar-refractivity contribution < 1.29 is 44.4 Å². The first-order chi connectivity index (χ1) is 19.4. The smallest absolute Gasteiger partial charge is 0.217 e. The van der Waals surface area contributed by atoms with Gasteiger partial charge < -0.3 is 14.6 Å². The Morgan fingerprint density at radius 3 is 2.56 bits per heavy atom. The quantitative estimate of drug-likeness (QED) is 0.194. The van der Waals surface area contributed by atoms with E-state index in [4.69, 9.17) is 14.5 Å². The molecule has 4 aromatic carbocycles. The van der Waals surface area contributed by atoms with Crippen molar-refractivity contribution in [2.75, 3.05) is 0 Å². The first-order valence-corrected chi connectivity index (χ1v) is 13.0. The fourth-order valence-corrected chi connectivity index (χ4v) is 5.53. The Kier molecular flexibility index (Phi) is 7.08. The van der Waals surface area contributed by atoms with E-state index in [1.807, 2.05) is 31.2 Å². The molecule has 0 fully saturated rings. The summed E-state index contributed by atoms with van der Waals surface area (Å²) in [6.07, 6.45) is 1.63. The number of hydrogen-bond acceptors (Lipinski definition) is 5. The molecule has 0 bridgehead atoms. The third-order valence-corrected chi connectivity index (χ3v) is 7.32. The number of aliphatic imine (C=N–C) groups is 1. The maximum absolute atomic E-state index is 14.2. The Balaban J connectivity index is 0.00000302. The summed E-state index contributed by atoms with van der Waals surface area (Å²) < 4.78 is 40.7. The predicted octanol–water partition coefficient (Wildman–Crippen LogP) is 7.62. The Morgan fingerprint density at radius 1 is 0.951 bits per heavy atom. The molecule has 0 spiro atoms. The molecule has 208 valence electrons. The van der Waals surface area contributed by atoms with Crippen LogP contribution < -0.4 is 4.74 Å². The van der Waals surface area contributed by atoms with Crippen molar-refractivity contribution in [3.8, 4) is 28.5 Å². The van der Waals surface area contributed by atoms with Gasteiger partial charge in [-0.3, -0.25) is 4.99 Å². The summed E-state index contributed by atoms with van der Waals surface area (Å²) >= 11 is 0. The van der Waals surface area contributed by atoms with Gasteiger partial charge in [0.15, 0.2) is 0 Å². The fraction of sp³-hybridized carbons (Fsp3) is 0.152. The maximum atomic E-state index is 14.2. The van der Waals surface area contributed by atoms with E-state index < -0.39 is 11.6 Å². The number of pyridine rings is 1. The van der Waals surface area contributed by atoms with Crippen molar-refractivity contribution in [1.29, 1.82) is 0 Å². The number of aromatic hydroxyl groups is 1. The van der Waals surface area contributed by atoms with Gasteiger partial charge in [-0.1, -0.05) is 47.5 Å². The molecule has 0 saturated carbocycles. The fourth-order valence-electron chi connectivity index (χ4n) is 5.53. The van der Waals surface area contributed by atoms with E-state index in [-0.39, 0.29) is 50.6 Å². The molecule has 0 unspecified atom stereocenters. The number of aryl methyl sites for hydroxylation is 2. The van der Waals surface area contributed by atoms with E-state index in [1.165, 1.54) is 17.7 Å². The summed E-state index contributed by atoms with van der Waals surface area (Å²) in [5.41, 5.74) is 5.05. The van der Waals surface area contributed by atoms with Gasteiger partial charge in [0.2, 0.25) is 5.88 Å². The van der Waals surface area contributed by atoms with Gasteiger partial charge in [0.25, 0.3) is 0 Å². The van der Waals surface area contributed by atoms with E-state index >= 15 is 0 Å². The molecule has 2 heterocycles. The Morgan fingerprint density at radius 2 is 1.73 bits per heavy atom. The molecule has 5 nitrogen and oxygen atoms in total. The van der Waals surface area contributed by atoms with Gasteiger partial charge >= 0.3 is 0 Å². The first kappa shape index (κ1) is 27.1. The number of fused-ring (bicyclic) bond motifs is 4. The zero-order valence-electron chi connectivity index (χ0n) is 21.8. The van der Waals surface area contributed by atoms with Crippen LogP contribution in [0.2, 0.25) is 0 Å². The average Bonchev–Trinajstić information content (AvgIpc) is 3.38. The zero-order chi connectivity index (χ0) is 27.4. The average molecular weight is 729 g/mol. The standard InChI is InChI=1S/C33H23F2N2O3.Pt/c1-18-10-20-7-9-30(36-31(20)28(38)11-18)39-26-15-21(22-13-24(34)17-25(35)14-22)12-23(16-26)33-37-32-27-5-3-2-4-19(27)6-8-29(32)40-33;/h2-5,7,9-15,17,29,32,38H,6,8H2,1H3;/q-1;/t29-,32+;/m1./s1. The molecule has 0 radical (unpaired) electrons. The predicted molar refractivity (Wildman–Crippen MR) is 148 cm³/mol. The normalized spacial score (nSPS) is 17.2. The molecule has 1 aliphatic heterocycles. The van der Waals surface area contributed by atoms with Crippen LogP contribution in [0.5, 0.6) is 17.4 Å². The summed E-state index contributed by atoms with van der Waals surface area (Å²) in [5, 5.41) is 11.2. The van der Waals surface area contributed by atoms with Crippen LogP contribution >= 0.6 is 0 Å². The molecule has 0 saturated heterocycles. The number of hydrogen-bond donors (Lipinski definition) is 1. The van der Waals surface area contributed by atoms with Crippen LogP contribution in [0.1, 0.15) is 34.7 Å². The van der Waals surface area contributed by atoms with Crippen molar-refractivity contribution in [3.05, 3.63) is 119 Å². The van der Waals surface area contributed by atoms with E-state index in [2.05, 4.69) is 23.2 Å². The molecule has 2 atom stereocenters. The third-order valence-electron chi connectivity index (χ3n) is 7.32. The van der Waals surface area contributed by atoms with Gasteiger partial charge in [0, 0.05) is 44.3 Å². The van der Waals surface area contributed by atoms with Crippen LogP contribution in [0, 0.1) is 24.6 Å². The number of phenols is 1. The molecule has 1 aromatic heterocycles. The Bertz CT molecular complexity index is 1820. The van der Waals surface area contributed by atoms with Crippen LogP contribution in [0.25, 0.3) is 22.0 Å². The number of nitrogens with zero attached hydrogens (tertiary/aromatic N) is 2. The van der Waals surface area contributed by atoms with Crippen molar-refractivity contribution in [1.82, 2.24) is 4.98 Å². The SMILES string of the molecule is Cc1cc(O)c2nc(Oc3[c-]c(C4=N[C@H]5c6ccccc6CC[C@H]5O4)cc(-c4cc(F)cc(F)c4)c3)ccc2c1.[Pt]. The van der Waals surface area contributed by atoms with Crippen molar-refractivity contribution in [3.63, 3.8) is 0 Å². The zero-order valence-corrected chi connectivity index (χ0v) is 24.1. The van der Waals surface area contributed by atoms with Gasteiger partial charge in [-0.05, 0) is 72.4 Å². The minimum Gasteiger partial charge on any atom is -0.514 e. The Hall–Kier alpha value is -4.09. The molecule has 5 aromatic rings. The van der Waals surface area contributed by atoms with Gasteiger partial charge in [-0.2, -0.15) is 0 Å². The maximum Gasteiger partial charge on any atom is 0.217 e. The molecule has 1 N–H and O–H groups in total. The molecule has 0 amide bonds. The summed E-state index contributed by atoms with van der Waals surface area (Å²) in [4.78, 5) is 9.39. The topological polar surface area (TPSA) is 63.9 Å². The van der Waals surface area contributed by atoms with Crippen molar-refractivity contribution in [2.45, 2.75) is 31.9 Å². The second kappa shape index (κ2) is 10.7. The molecule has 2 aliphatic rings. The van der Waals surface area contributed by atoms with Crippen LogP contribution in [-0.4, -0.2) is 22.1 Å². The third kappa shape index (κ3) is 5.22. The molecular weight excluding hydrogens is 705 g/mol. The second-order valence-corrected chi connectivity index (χ2v) is 10.2. The van der Waals surface area contributed by atoms with Gasteiger partial charge in [0.05, 0.1) is 0 Å². The molecule has 41 heavy (non-hydrogen) atoms. The summed E-state index contributed by atoms with van der Waals surface area (Å²) in [6.45, 7) is 1.89. The largest absolute Gasteiger partial charge is 0.514 e. The summed E-state index contributed by atoms with van der Waals surface area (Å²) in [5.74, 6) is -0.442. The van der Waals surface area contributed by atoms with Crippen LogP contribution in [-0.2, 0) is 32.2 Å². The molecule has 1 aliphatic carbocycles. The minimum atomic E-state index is -0.689.